The SMILES string of the molecule is COc1ccccc1C(=O)NC(C(=O)NCCNc1ncccc1C(F)(F)F)C(C)C. The molecule has 7 nitrogen and oxygen atoms in total. The largest absolute Gasteiger partial charge is 0.496 e. The van der Waals surface area contributed by atoms with Crippen LogP contribution in [-0.2, 0) is 11.0 Å². The third-order valence-corrected chi connectivity index (χ3v) is 4.42. The van der Waals surface area contributed by atoms with Crippen molar-refractivity contribution in [1.29, 1.82) is 0 Å². The van der Waals surface area contributed by atoms with Gasteiger partial charge < -0.3 is 20.7 Å². The number of amides is 2. The van der Waals surface area contributed by atoms with Crippen molar-refractivity contribution >= 4 is 17.6 Å². The van der Waals surface area contributed by atoms with Crippen LogP contribution in [0.3, 0.4) is 0 Å². The van der Waals surface area contributed by atoms with Crippen LogP contribution in [0.1, 0.15) is 29.8 Å². The van der Waals surface area contributed by atoms with Gasteiger partial charge in [-0.2, -0.15) is 13.2 Å². The van der Waals surface area contributed by atoms with Crippen molar-refractivity contribution in [2.24, 2.45) is 5.92 Å². The average molecular weight is 438 g/mol. The maximum atomic E-state index is 13.0. The summed E-state index contributed by atoms with van der Waals surface area (Å²) < 4.78 is 44.2. The fourth-order valence-corrected chi connectivity index (χ4v) is 2.84. The number of alkyl halides is 3. The number of rotatable bonds is 9. The van der Waals surface area contributed by atoms with Gasteiger partial charge in [0.15, 0.2) is 0 Å². The van der Waals surface area contributed by atoms with E-state index in [1.165, 1.54) is 19.4 Å². The molecule has 0 fully saturated rings. The molecular formula is C21H25F3N4O3. The summed E-state index contributed by atoms with van der Waals surface area (Å²) in [6.45, 7) is 3.61. The molecule has 3 N–H and O–H groups in total. The topological polar surface area (TPSA) is 92.3 Å². The highest BCUT2D eigenvalue weighted by Crippen LogP contribution is 2.33. The molecule has 168 valence electrons. The van der Waals surface area contributed by atoms with Crippen molar-refractivity contribution in [3.8, 4) is 5.75 Å². The lowest BCUT2D eigenvalue weighted by molar-refractivity contribution is -0.137. The monoisotopic (exact) mass is 438 g/mol. The highest BCUT2D eigenvalue weighted by atomic mass is 19.4. The maximum absolute atomic E-state index is 13.0. The average Bonchev–Trinajstić information content (AvgIpc) is 2.74. The Morgan fingerprint density at radius 1 is 1.10 bits per heavy atom. The number of carbonyl (C=O) groups excluding carboxylic acids is 2. The lowest BCUT2D eigenvalue weighted by atomic mass is 10.0. The van der Waals surface area contributed by atoms with Crippen molar-refractivity contribution in [1.82, 2.24) is 15.6 Å². The lowest BCUT2D eigenvalue weighted by Crippen LogP contribution is -2.50. The molecule has 1 unspecified atom stereocenters. The van der Waals surface area contributed by atoms with E-state index in [1.807, 2.05) is 0 Å². The fourth-order valence-electron chi connectivity index (χ4n) is 2.84. The van der Waals surface area contributed by atoms with E-state index >= 15 is 0 Å². The van der Waals surface area contributed by atoms with E-state index in [2.05, 4.69) is 20.9 Å². The summed E-state index contributed by atoms with van der Waals surface area (Å²) in [6.07, 6.45) is -3.29. The number of aromatic nitrogens is 1. The zero-order chi connectivity index (χ0) is 23.0. The van der Waals surface area contributed by atoms with E-state index in [1.54, 1.807) is 38.1 Å². The molecule has 0 bridgehead atoms. The minimum Gasteiger partial charge on any atom is -0.496 e. The number of anilines is 1. The van der Waals surface area contributed by atoms with Crippen LogP contribution in [0.25, 0.3) is 0 Å². The van der Waals surface area contributed by atoms with E-state index in [0.29, 0.717) is 11.3 Å². The Hall–Kier alpha value is -3.30. The number of nitrogens with one attached hydrogen (secondary N) is 3. The number of nitrogens with zero attached hydrogens (tertiary/aromatic N) is 1. The Morgan fingerprint density at radius 2 is 1.81 bits per heavy atom. The van der Waals surface area contributed by atoms with Crippen molar-refractivity contribution in [2.75, 3.05) is 25.5 Å². The fraction of sp³-hybridized carbons (Fsp3) is 0.381. The molecule has 31 heavy (non-hydrogen) atoms. The minimum absolute atomic E-state index is 0.0249. The van der Waals surface area contributed by atoms with Gasteiger partial charge >= 0.3 is 6.18 Å². The van der Waals surface area contributed by atoms with Gasteiger partial charge in [0, 0.05) is 19.3 Å². The molecule has 0 saturated carbocycles. The predicted octanol–water partition coefficient (Wildman–Crippen LogP) is 3.09. The molecule has 0 aliphatic rings. The second-order valence-corrected chi connectivity index (χ2v) is 7.01. The Labute approximate surface area is 178 Å². The van der Waals surface area contributed by atoms with Crippen LogP contribution in [0.15, 0.2) is 42.6 Å². The summed E-state index contributed by atoms with van der Waals surface area (Å²) in [5.74, 6) is -1.07. The normalized spacial score (nSPS) is 12.2. The number of hydrogen-bond donors (Lipinski definition) is 3. The van der Waals surface area contributed by atoms with E-state index in [0.717, 1.165) is 6.07 Å². The number of carbonyl (C=O) groups is 2. The van der Waals surface area contributed by atoms with Crippen molar-refractivity contribution < 1.29 is 27.5 Å². The number of ether oxygens (including phenoxy) is 1. The Balaban J connectivity index is 1.94. The molecule has 0 aliphatic carbocycles. The Morgan fingerprint density at radius 3 is 2.45 bits per heavy atom. The van der Waals surface area contributed by atoms with Crippen molar-refractivity contribution in [3.05, 3.63) is 53.7 Å². The number of para-hydroxylation sites is 1. The van der Waals surface area contributed by atoms with Crippen molar-refractivity contribution in [3.63, 3.8) is 0 Å². The molecule has 2 amide bonds. The van der Waals surface area contributed by atoms with Crippen LogP contribution < -0.4 is 20.7 Å². The number of halogens is 3. The van der Waals surface area contributed by atoms with Gasteiger partial charge in [0.1, 0.15) is 17.6 Å². The highest BCUT2D eigenvalue weighted by molar-refractivity contribution is 5.99. The molecule has 1 heterocycles. The Kier molecular flexibility index (Phi) is 8.23. The smallest absolute Gasteiger partial charge is 0.419 e. The van der Waals surface area contributed by atoms with Gasteiger partial charge in [-0.1, -0.05) is 26.0 Å². The van der Waals surface area contributed by atoms with Crippen molar-refractivity contribution in [2.45, 2.75) is 26.1 Å². The Bertz CT molecular complexity index is 903. The van der Waals surface area contributed by atoms with Crippen LogP contribution in [0.4, 0.5) is 19.0 Å². The molecule has 1 atom stereocenters. The predicted molar refractivity (Wildman–Crippen MR) is 110 cm³/mol. The number of pyridine rings is 1. The van der Waals surface area contributed by atoms with E-state index < -0.39 is 29.6 Å². The first-order valence-electron chi connectivity index (χ1n) is 9.62. The van der Waals surface area contributed by atoms with Crippen LogP contribution in [0.5, 0.6) is 5.75 Å². The van der Waals surface area contributed by atoms with Gasteiger partial charge in [-0.05, 0) is 30.2 Å². The third kappa shape index (κ3) is 6.59. The second-order valence-electron chi connectivity index (χ2n) is 7.01. The van der Waals surface area contributed by atoms with Gasteiger partial charge in [-0.3, -0.25) is 9.59 Å². The number of methoxy groups -OCH3 is 1. The lowest BCUT2D eigenvalue weighted by Gasteiger charge is -2.22. The molecule has 0 saturated heterocycles. The van der Waals surface area contributed by atoms with Gasteiger partial charge in [-0.15, -0.1) is 0 Å². The maximum Gasteiger partial charge on any atom is 0.419 e. The first-order chi connectivity index (χ1) is 14.6. The van der Waals surface area contributed by atoms with E-state index in [4.69, 9.17) is 4.74 Å². The summed E-state index contributed by atoms with van der Waals surface area (Å²) >= 11 is 0. The third-order valence-electron chi connectivity index (χ3n) is 4.42. The summed E-state index contributed by atoms with van der Waals surface area (Å²) in [5, 5.41) is 7.88. The van der Waals surface area contributed by atoms with Crippen LogP contribution in [0.2, 0.25) is 0 Å². The standard InChI is InChI=1S/C21H25F3N4O3/c1-13(2)17(28-19(29)14-7-4-5-9-16(14)31-3)20(30)27-12-11-26-18-15(21(22,23)24)8-6-10-25-18/h4-10,13,17H,11-12H2,1-3H3,(H,25,26)(H,27,30)(H,28,29). The summed E-state index contributed by atoms with van der Waals surface area (Å²) in [4.78, 5) is 28.9. The first-order valence-corrected chi connectivity index (χ1v) is 9.62. The van der Waals surface area contributed by atoms with E-state index in [9.17, 15) is 22.8 Å². The summed E-state index contributed by atoms with van der Waals surface area (Å²) in [7, 11) is 1.44. The first kappa shape index (κ1) is 24.0. The number of hydrogen-bond acceptors (Lipinski definition) is 5. The molecule has 2 aromatic rings. The zero-order valence-electron chi connectivity index (χ0n) is 17.4. The van der Waals surface area contributed by atoms with Crippen LogP contribution >= 0.6 is 0 Å². The zero-order valence-corrected chi connectivity index (χ0v) is 17.4. The molecule has 1 aromatic carbocycles. The minimum atomic E-state index is -4.54. The molecular weight excluding hydrogens is 413 g/mol. The molecule has 0 radical (unpaired) electrons. The highest BCUT2D eigenvalue weighted by Gasteiger charge is 2.34. The molecule has 10 heteroatoms. The van der Waals surface area contributed by atoms with Gasteiger partial charge in [-0.25, -0.2) is 4.98 Å². The number of benzene rings is 1. The second kappa shape index (κ2) is 10.6. The summed E-state index contributed by atoms with van der Waals surface area (Å²) in [5.41, 5.74) is -0.592. The van der Waals surface area contributed by atoms with Crippen LogP contribution in [0, 0.1) is 5.92 Å². The van der Waals surface area contributed by atoms with Gasteiger partial charge in [0.2, 0.25) is 5.91 Å². The quantitative estimate of drug-likeness (QED) is 0.524. The molecule has 2 rings (SSSR count). The molecule has 1 aromatic heterocycles. The summed E-state index contributed by atoms with van der Waals surface area (Å²) in [6, 6.07) is 7.92. The molecule has 0 aliphatic heterocycles. The van der Waals surface area contributed by atoms with Gasteiger partial charge in [0.05, 0.1) is 18.2 Å². The van der Waals surface area contributed by atoms with Gasteiger partial charge in [0.25, 0.3) is 5.91 Å². The molecule has 0 spiro atoms. The van der Waals surface area contributed by atoms with Crippen LogP contribution in [-0.4, -0.2) is 43.0 Å². The van der Waals surface area contributed by atoms with E-state index in [-0.39, 0.29) is 24.8 Å².